The molecule has 2 N–H and O–H groups in total. The summed E-state index contributed by atoms with van der Waals surface area (Å²) < 4.78 is 5.11. The highest BCUT2D eigenvalue weighted by Gasteiger charge is 2.35. The van der Waals surface area contributed by atoms with E-state index in [1.165, 1.54) is 4.90 Å². The molecule has 3 rings (SSSR count). The van der Waals surface area contributed by atoms with Gasteiger partial charge in [0.2, 0.25) is 0 Å². The van der Waals surface area contributed by atoms with Crippen molar-refractivity contribution in [2.45, 2.75) is 16.1 Å². The fourth-order valence-corrected chi connectivity index (χ4v) is 4.15. The van der Waals surface area contributed by atoms with Crippen LogP contribution in [0.4, 0.5) is 0 Å². The number of aromatic hydroxyl groups is 1. The van der Waals surface area contributed by atoms with Gasteiger partial charge in [-0.2, -0.15) is 0 Å². The van der Waals surface area contributed by atoms with Crippen LogP contribution in [0, 0.1) is 0 Å². The van der Waals surface area contributed by atoms with Gasteiger partial charge in [-0.3, -0.25) is 0 Å². The summed E-state index contributed by atoms with van der Waals surface area (Å²) in [5.74, 6) is 0.857. The number of fused-ring (bicyclic) bond motifs is 1. The molecule has 0 aliphatic carbocycles. The standard InChI is InChI=1S/C16H16O3S/c1-19-10-6-7-12(14(18)8-10)16-13(9-17)11-4-2-3-5-15(11)20-16/h2-8,13,16-18H,9H2,1H3. The van der Waals surface area contributed by atoms with Crippen molar-refractivity contribution in [2.24, 2.45) is 0 Å². The zero-order chi connectivity index (χ0) is 14.1. The van der Waals surface area contributed by atoms with Crippen LogP contribution in [-0.4, -0.2) is 23.9 Å². The Morgan fingerprint density at radius 2 is 1.95 bits per heavy atom. The van der Waals surface area contributed by atoms with Gasteiger partial charge in [-0.15, -0.1) is 11.8 Å². The topological polar surface area (TPSA) is 49.7 Å². The van der Waals surface area contributed by atoms with E-state index in [1.807, 2.05) is 30.3 Å². The SMILES string of the molecule is COc1ccc(C2Sc3ccccc3C2CO)c(O)c1. The first-order valence-corrected chi connectivity index (χ1v) is 7.36. The lowest BCUT2D eigenvalue weighted by atomic mass is 9.92. The summed E-state index contributed by atoms with van der Waals surface area (Å²) in [6.07, 6.45) is 0. The van der Waals surface area contributed by atoms with Crippen molar-refractivity contribution in [3.8, 4) is 11.5 Å². The monoisotopic (exact) mass is 288 g/mol. The second-order valence-electron chi connectivity index (χ2n) is 4.79. The lowest BCUT2D eigenvalue weighted by Gasteiger charge is -2.19. The number of rotatable bonds is 3. The number of aliphatic hydroxyl groups excluding tert-OH is 1. The molecule has 2 aromatic carbocycles. The van der Waals surface area contributed by atoms with Gasteiger partial charge in [0, 0.05) is 27.7 Å². The number of thioether (sulfide) groups is 1. The number of benzene rings is 2. The number of phenolic OH excluding ortho intramolecular Hbond substituents is 1. The highest BCUT2D eigenvalue weighted by molar-refractivity contribution is 8.00. The first-order valence-electron chi connectivity index (χ1n) is 6.48. The molecule has 0 saturated heterocycles. The van der Waals surface area contributed by atoms with E-state index in [0.717, 1.165) is 11.1 Å². The maximum atomic E-state index is 10.2. The number of ether oxygens (including phenoxy) is 1. The van der Waals surface area contributed by atoms with Crippen molar-refractivity contribution >= 4 is 11.8 Å². The zero-order valence-corrected chi connectivity index (χ0v) is 11.9. The molecule has 104 valence electrons. The van der Waals surface area contributed by atoms with Gasteiger partial charge in [-0.25, -0.2) is 0 Å². The third-order valence-corrected chi connectivity index (χ3v) is 5.14. The van der Waals surface area contributed by atoms with Crippen LogP contribution < -0.4 is 4.74 Å². The molecule has 2 atom stereocenters. The molecular weight excluding hydrogens is 272 g/mol. The van der Waals surface area contributed by atoms with E-state index in [0.29, 0.717) is 5.75 Å². The molecule has 0 spiro atoms. The third kappa shape index (κ3) is 2.15. The quantitative estimate of drug-likeness (QED) is 0.909. The molecule has 2 aromatic rings. The minimum atomic E-state index is 0.00972. The van der Waals surface area contributed by atoms with Gasteiger partial charge in [0.05, 0.1) is 13.7 Å². The highest BCUT2D eigenvalue weighted by atomic mass is 32.2. The fourth-order valence-electron chi connectivity index (χ4n) is 2.64. The number of phenols is 1. The predicted octanol–water partition coefficient (Wildman–Crippen LogP) is 3.32. The van der Waals surface area contributed by atoms with Gasteiger partial charge in [0.25, 0.3) is 0 Å². The summed E-state index contributed by atoms with van der Waals surface area (Å²) in [7, 11) is 1.57. The average Bonchev–Trinajstić information content (AvgIpc) is 2.85. The van der Waals surface area contributed by atoms with Crippen LogP contribution in [-0.2, 0) is 0 Å². The molecule has 1 aliphatic rings. The molecule has 0 aromatic heterocycles. The summed E-state index contributed by atoms with van der Waals surface area (Å²) >= 11 is 1.69. The molecule has 1 aliphatic heterocycles. The van der Waals surface area contributed by atoms with Crippen molar-refractivity contribution in [1.82, 2.24) is 0 Å². The summed E-state index contributed by atoms with van der Waals surface area (Å²) in [5, 5.41) is 19.9. The molecule has 0 amide bonds. The number of methoxy groups -OCH3 is 1. The lowest BCUT2D eigenvalue weighted by molar-refractivity contribution is 0.263. The number of aliphatic hydroxyl groups is 1. The van der Waals surface area contributed by atoms with Crippen LogP contribution in [0.1, 0.15) is 22.3 Å². The normalized spacial score (nSPS) is 20.7. The van der Waals surface area contributed by atoms with Gasteiger partial charge in [0.15, 0.2) is 0 Å². The smallest absolute Gasteiger partial charge is 0.123 e. The van der Waals surface area contributed by atoms with E-state index < -0.39 is 0 Å². The summed E-state index contributed by atoms with van der Waals surface area (Å²) in [6, 6.07) is 13.4. The molecule has 3 nitrogen and oxygen atoms in total. The molecule has 20 heavy (non-hydrogen) atoms. The van der Waals surface area contributed by atoms with Gasteiger partial charge in [-0.1, -0.05) is 24.3 Å². The minimum Gasteiger partial charge on any atom is -0.507 e. The first-order chi connectivity index (χ1) is 9.74. The molecule has 0 saturated carbocycles. The van der Waals surface area contributed by atoms with Crippen molar-refractivity contribution in [3.63, 3.8) is 0 Å². The van der Waals surface area contributed by atoms with Crippen LogP contribution in [0.5, 0.6) is 11.5 Å². The van der Waals surface area contributed by atoms with Gasteiger partial charge >= 0.3 is 0 Å². The molecular formula is C16H16O3S. The molecule has 0 radical (unpaired) electrons. The second kappa shape index (κ2) is 5.38. The Morgan fingerprint density at radius 3 is 2.65 bits per heavy atom. The van der Waals surface area contributed by atoms with Crippen molar-refractivity contribution < 1.29 is 14.9 Å². The largest absolute Gasteiger partial charge is 0.507 e. The highest BCUT2D eigenvalue weighted by Crippen LogP contribution is 2.55. The Labute approximate surface area is 122 Å². The van der Waals surface area contributed by atoms with Crippen molar-refractivity contribution in [2.75, 3.05) is 13.7 Å². The van der Waals surface area contributed by atoms with Gasteiger partial charge in [-0.05, 0) is 17.7 Å². The Balaban J connectivity index is 2.00. The molecule has 0 fully saturated rings. The van der Waals surface area contributed by atoms with Gasteiger partial charge in [0.1, 0.15) is 11.5 Å². The van der Waals surface area contributed by atoms with E-state index in [4.69, 9.17) is 4.74 Å². The van der Waals surface area contributed by atoms with E-state index in [9.17, 15) is 10.2 Å². The van der Waals surface area contributed by atoms with Crippen LogP contribution >= 0.6 is 11.8 Å². The summed E-state index contributed by atoms with van der Waals surface area (Å²) in [4.78, 5) is 1.17. The Kier molecular flexibility index (Phi) is 3.59. The summed E-state index contributed by atoms with van der Waals surface area (Å²) in [5.41, 5.74) is 1.99. The molecule has 2 unspecified atom stereocenters. The average molecular weight is 288 g/mol. The first kappa shape index (κ1) is 13.3. The second-order valence-corrected chi connectivity index (χ2v) is 5.97. The van der Waals surface area contributed by atoms with E-state index >= 15 is 0 Å². The molecule has 0 bridgehead atoms. The Bertz CT molecular complexity index is 627. The Hall–Kier alpha value is -1.65. The van der Waals surface area contributed by atoms with E-state index in [2.05, 4.69) is 6.07 Å². The Morgan fingerprint density at radius 1 is 1.15 bits per heavy atom. The van der Waals surface area contributed by atoms with E-state index in [1.54, 1.807) is 24.9 Å². The minimum absolute atomic E-state index is 0.00972. The van der Waals surface area contributed by atoms with Crippen molar-refractivity contribution in [3.05, 3.63) is 53.6 Å². The molecule has 1 heterocycles. The number of hydrogen-bond donors (Lipinski definition) is 2. The maximum Gasteiger partial charge on any atom is 0.123 e. The predicted molar refractivity (Wildman–Crippen MR) is 79.5 cm³/mol. The van der Waals surface area contributed by atoms with Crippen LogP contribution in [0.15, 0.2) is 47.4 Å². The van der Waals surface area contributed by atoms with E-state index in [-0.39, 0.29) is 23.5 Å². The third-order valence-electron chi connectivity index (χ3n) is 3.68. The van der Waals surface area contributed by atoms with Crippen LogP contribution in [0.25, 0.3) is 0 Å². The lowest BCUT2D eigenvalue weighted by Crippen LogP contribution is -2.08. The fraction of sp³-hybridized carbons (Fsp3) is 0.250. The van der Waals surface area contributed by atoms with Crippen LogP contribution in [0.2, 0.25) is 0 Å². The number of hydrogen-bond acceptors (Lipinski definition) is 4. The molecule has 4 heteroatoms. The maximum absolute atomic E-state index is 10.2. The van der Waals surface area contributed by atoms with Crippen molar-refractivity contribution in [1.29, 1.82) is 0 Å². The summed E-state index contributed by atoms with van der Waals surface area (Å²) in [6.45, 7) is 0.0696. The van der Waals surface area contributed by atoms with Gasteiger partial charge < -0.3 is 14.9 Å². The zero-order valence-electron chi connectivity index (χ0n) is 11.1. The van der Waals surface area contributed by atoms with Crippen LogP contribution in [0.3, 0.4) is 0 Å².